The molecular weight excluding hydrogens is 276 g/mol. The summed E-state index contributed by atoms with van der Waals surface area (Å²) in [7, 11) is 0. The molecule has 2 aliphatic heterocycles. The van der Waals surface area contributed by atoms with Gasteiger partial charge in [-0.15, -0.1) is 0 Å². The summed E-state index contributed by atoms with van der Waals surface area (Å²) in [5.41, 5.74) is 1.25. The number of anilines is 1. The van der Waals surface area contributed by atoms with E-state index < -0.39 is 0 Å². The summed E-state index contributed by atoms with van der Waals surface area (Å²) in [4.78, 5) is 14.0. The van der Waals surface area contributed by atoms with Crippen molar-refractivity contribution in [2.75, 3.05) is 50.8 Å². The van der Waals surface area contributed by atoms with Gasteiger partial charge in [-0.1, -0.05) is 6.92 Å². The van der Waals surface area contributed by atoms with Crippen molar-refractivity contribution in [3.63, 3.8) is 0 Å². The van der Waals surface area contributed by atoms with Crippen LogP contribution in [0.5, 0.6) is 0 Å². The first-order valence-corrected chi connectivity index (χ1v) is 8.67. The smallest absolute Gasteiger partial charge is 0.225 e. The van der Waals surface area contributed by atoms with Gasteiger partial charge >= 0.3 is 0 Å². The van der Waals surface area contributed by atoms with Crippen LogP contribution in [0.4, 0.5) is 5.95 Å². The average molecular weight is 304 g/mol. The van der Waals surface area contributed by atoms with Crippen LogP contribution in [0.25, 0.3) is 0 Å². The maximum Gasteiger partial charge on any atom is 0.225 e. The number of morpholine rings is 1. The Morgan fingerprint density at radius 1 is 1.18 bits per heavy atom. The summed E-state index contributed by atoms with van der Waals surface area (Å²) in [6.07, 6.45) is 8.85. The second-order valence-electron chi connectivity index (χ2n) is 6.64. The SMILES string of the molecule is CC1CCCN(c2ncc(CCCN3CCOCC3)cn2)C1. The zero-order chi connectivity index (χ0) is 15.2. The van der Waals surface area contributed by atoms with Crippen molar-refractivity contribution in [3.8, 4) is 0 Å². The zero-order valence-corrected chi connectivity index (χ0v) is 13.7. The van der Waals surface area contributed by atoms with Gasteiger partial charge in [0.2, 0.25) is 5.95 Å². The molecule has 2 fully saturated rings. The molecule has 0 spiro atoms. The number of aryl methyl sites for hydroxylation is 1. The van der Waals surface area contributed by atoms with Gasteiger partial charge < -0.3 is 9.64 Å². The topological polar surface area (TPSA) is 41.5 Å². The van der Waals surface area contributed by atoms with E-state index in [0.717, 1.165) is 64.2 Å². The van der Waals surface area contributed by atoms with Gasteiger partial charge in [-0.2, -0.15) is 0 Å². The van der Waals surface area contributed by atoms with Crippen LogP contribution >= 0.6 is 0 Å². The number of hydrogen-bond acceptors (Lipinski definition) is 5. The Kier molecular flexibility index (Phi) is 5.62. The molecular formula is C17H28N4O. The van der Waals surface area contributed by atoms with Crippen molar-refractivity contribution >= 4 is 5.95 Å². The van der Waals surface area contributed by atoms with E-state index in [0.29, 0.717) is 0 Å². The summed E-state index contributed by atoms with van der Waals surface area (Å²) in [6.45, 7) is 9.56. The third-order valence-corrected chi connectivity index (χ3v) is 4.68. The van der Waals surface area contributed by atoms with E-state index in [9.17, 15) is 0 Å². The Balaban J connectivity index is 1.44. The Labute approximate surface area is 133 Å². The first-order valence-electron chi connectivity index (χ1n) is 8.67. The molecule has 1 aromatic rings. The van der Waals surface area contributed by atoms with Gasteiger partial charge in [0, 0.05) is 38.6 Å². The van der Waals surface area contributed by atoms with Crippen LogP contribution in [0.15, 0.2) is 12.4 Å². The normalized spacial score (nSPS) is 23.7. The molecule has 122 valence electrons. The van der Waals surface area contributed by atoms with Crippen LogP contribution < -0.4 is 4.90 Å². The number of piperidine rings is 1. The largest absolute Gasteiger partial charge is 0.379 e. The van der Waals surface area contributed by atoms with E-state index in [-0.39, 0.29) is 0 Å². The van der Waals surface area contributed by atoms with Crippen molar-refractivity contribution in [3.05, 3.63) is 18.0 Å². The highest BCUT2D eigenvalue weighted by Crippen LogP contribution is 2.19. The van der Waals surface area contributed by atoms with Crippen LogP contribution in [0, 0.1) is 5.92 Å². The molecule has 1 unspecified atom stereocenters. The molecule has 1 aromatic heterocycles. The molecule has 0 saturated carbocycles. The minimum atomic E-state index is 0.755. The van der Waals surface area contributed by atoms with Crippen molar-refractivity contribution in [1.29, 1.82) is 0 Å². The molecule has 5 heteroatoms. The lowest BCUT2D eigenvalue weighted by Gasteiger charge is -2.30. The molecule has 0 amide bonds. The van der Waals surface area contributed by atoms with Gasteiger partial charge in [0.05, 0.1) is 13.2 Å². The lowest BCUT2D eigenvalue weighted by molar-refractivity contribution is 0.0374. The molecule has 0 radical (unpaired) electrons. The van der Waals surface area contributed by atoms with E-state index >= 15 is 0 Å². The average Bonchev–Trinajstić information content (AvgIpc) is 2.56. The maximum absolute atomic E-state index is 5.38. The second kappa shape index (κ2) is 7.88. The van der Waals surface area contributed by atoms with Crippen molar-refractivity contribution in [2.24, 2.45) is 5.92 Å². The monoisotopic (exact) mass is 304 g/mol. The molecule has 2 aliphatic rings. The number of hydrogen-bond donors (Lipinski definition) is 0. The number of ether oxygens (including phenoxy) is 1. The fourth-order valence-corrected chi connectivity index (χ4v) is 3.34. The molecule has 3 heterocycles. The van der Waals surface area contributed by atoms with E-state index in [1.807, 2.05) is 12.4 Å². The minimum Gasteiger partial charge on any atom is -0.379 e. The number of aromatic nitrogens is 2. The zero-order valence-electron chi connectivity index (χ0n) is 13.7. The Hall–Kier alpha value is -1.20. The third kappa shape index (κ3) is 4.40. The Morgan fingerprint density at radius 3 is 2.68 bits per heavy atom. The van der Waals surface area contributed by atoms with Gasteiger partial charge in [-0.3, -0.25) is 4.90 Å². The minimum absolute atomic E-state index is 0.755. The highest BCUT2D eigenvalue weighted by atomic mass is 16.5. The second-order valence-corrected chi connectivity index (χ2v) is 6.64. The predicted octanol–water partition coefficient (Wildman–Crippen LogP) is 1.98. The molecule has 3 rings (SSSR count). The first-order chi connectivity index (χ1) is 10.8. The number of nitrogens with zero attached hydrogens (tertiary/aromatic N) is 4. The third-order valence-electron chi connectivity index (χ3n) is 4.68. The molecule has 0 bridgehead atoms. The summed E-state index contributed by atoms with van der Waals surface area (Å²) in [5, 5.41) is 0. The van der Waals surface area contributed by atoms with Crippen molar-refractivity contribution in [1.82, 2.24) is 14.9 Å². The van der Waals surface area contributed by atoms with E-state index in [1.54, 1.807) is 0 Å². The lowest BCUT2D eigenvalue weighted by Crippen LogP contribution is -2.37. The van der Waals surface area contributed by atoms with Gasteiger partial charge in [0.1, 0.15) is 0 Å². The molecule has 5 nitrogen and oxygen atoms in total. The van der Waals surface area contributed by atoms with Crippen LogP contribution in [-0.2, 0) is 11.2 Å². The number of rotatable bonds is 5. The Bertz CT molecular complexity index is 444. The molecule has 0 aliphatic carbocycles. The molecule has 0 aromatic carbocycles. The fourth-order valence-electron chi connectivity index (χ4n) is 3.34. The fraction of sp³-hybridized carbons (Fsp3) is 0.765. The quantitative estimate of drug-likeness (QED) is 0.832. The van der Waals surface area contributed by atoms with Gasteiger partial charge in [0.25, 0.3) is 0 Å². The summed E-state index contributed by atoms with van der Waals surface area (Å²) in [5.74, 6) is 1.66. The summed E-state index contributed by atoms with van der Waals surface area (Å²) in [6, 6.07) is 0. The highest BCUT2D eigenvalue weighted by Gasteiger charge is 2.18. The van der Waals surface area contributed by atoms with Crippen LogP contribution in [0.1, 0.15) is 31.7 Å². The molecule has 1 atom stereocenters. The van der Waals surface area contributed by atoms with Gasteiger partial charge in [-0.25, -0.2) is 9.97 Å². The first kappa shape index (κ1) is 15.7. The van der Waals surface area contributed by atoms with Crippen molar-refractivity contribution < 1.29 is 4.74 Å². The van der Waals surface area contributed by atoms with Gasteiger partial charge in [-0.05, 0) is 43.7 Å². The van der Waals surface area contributed by atoms with Crippen molar-refractivity contribution in [2.45, 2.75) is 32.6 Å². The highest BCUT2D eigenvalue weighted by molar-refractivity contribution is 5.30. The van der Waals surface area contributed by atoms with Crippen LogP contribution in [0.3, 0.4) is 0 Å². The van der Waals surface area contributed by atoms with Gasteiger partial charge in [0.15, 0.2) is 0 Å². The van der Waals surface area contributed by atoms with E-state index in [2.05, 4.69) is 26.7 Å². The van der Waals surface area contributed by atoms with Crippen LogP contribution in [0.2, 0.25) is 0 Å². The summed E-state index contributed by atoms with van der Waals surface area (Å²) < 4.78 is 5.38. The Morgan fingerprint density at radius 2 is 1.95 bits per heavy atom. The van der Waals surface area contributed by atoms with E-state index in [4.69, 9.17) is 4.74 Å². The predicted molar refractivity (Wildman–Crippen MR) is 88.2 cm³/mol. The van der Waals surface area contributed by atoms with E-state index in [1.165, 1.54) is 24.8 Å². The summed E-state index contributed by atoms with van der Waals surface area (Å²) >= 11 is 0. The lowest BCUT2D eigenvalue weighted by atomic mass is 10.0. The maximum atomic E-state index is 5.38. The molecule has 0 N–H and O–H groups in total. The van der Waals surface area contributed by atoms with Crippen LogP contribution in [-0.4, -0.2) is 60.8 Å². The standard InChI is InChI=1S/C17H28N4O/c1-15-4-2-7-21(14-15)17-18-12-16(13-19-17)5-3-6-20-8-10-22-11-9-20/h12-13,15H,2-11,14H2,1H3. The molecule has 22 heavy (non-hydrogen) atoms. The molecule has 2 saturated heterocycles.